The molecule has 3 heterocycles. The summed E-state index contributed by atoms with van der Waals surface area (Å²) >= 11 is 0. The second-order valence-corrected chi connectivity index (χ2v) is 9.05. The number of fused-ring (bicyclic) bond motifs is 3. The monoisotopic (exact) mass is 379 g/mol. The zero-order valence-corrected chi connectivity index (χ0v) is 15.1. The molecule has 0 spiro atoms. The lowest BCUT2D eigenvalue weighted by Gasteiger charge is -2.22. The quantitative estimate of drug-likeness (QED) is 0.616. The Balaban J connectivity index is 1.46. The molecule has 3 N–H and O–H groups in total. The fourth-order valence-electron chi connectivity index (χ4n) is 4.11. The second-order valence-electron chi connectivity index (χ2n) is 7.25. The van der Waals surface area contributed by atoms with Gasteiger partial charge < -0.3 is 19.2 Å². The van der Waals surface area contributed by atoms with Gasteiger partial charge in [0.25, 0.3) is 0 Å². The molecule has 1 aromatic carbocycles. The maximum atomic E-state index is 12.6. The molecule has 4 atom stereocenters. The average Bonchev–Trinajstić information content (AvgIpc) is 3.29. The maximum Gasteiger partial charge on any atom is 0.471 e. The topological polar surface area (TPSA) is 109 Å². The average molecular weight is 379 g/mol. The summed E-state index contributed by atoms with van der Waals surface area (Å²) in [6.07, 6.45) is 4.49. The van der Waals surface area contributed by atoms with Gasteiger partial charge in [-0.15, -0.1) is 0 Å². The molecule has 2 aliphatic rings. The number of para-hydroxylation sites is 1. The fourth-order valence-corrected chi connectivity index (χ4v) is 5.79. The molecule has 9 heteroatoms. The highest BCUT2D eigenvalue weighted by Gasteiger charge is 2.43. The van der Waals surface area contributed by atoms with Crippen molar-refractivity contribution < 1.29 is 27.6 Å². The molecule has 0 aliphatic carbocycles. The van der Waals surface area contributed by atoms with Crippen LogP contribution in [0.5, 0.6) is 0 Å². The van der Waals surface area contributed by atoms with E-state index >= 15 is 0 Å². The molecule has 26 heavy (non-hydrogen) atoms. The van der Waals surface area contributed by atoms with Crippen molar-refractivity contribution in [1.82, 2.24) is 4.72 Å². The fraction of sp³-hybridized carbons (Fsp3) is 0.529. The van der Waals surface area contributed by atoms with Crippen molar-refractivity contribution in [3.05, 3.63) is 36.1 Å². The van der Waals surface area contributed by atoms with Crippen LogP contribution in [0, 0.1) is 5.92 Å². The van der Waals surface area contributed by atoms with Gasteiger partial charge in [-0.05, 0) is 37.3 Å². The lowest BCUT2D eigenvalue weighted by Crippen LogP contribution is -2.49. The third-order valence-corrected chi connectivity index (χ3v) is 6.89. The normalized spacial score (nSPS) is 26.5. The lowest BCUT2D eigenvalue weighted by atomic mass is 9.77. The van der Waals surface area contributed by atoms with E-state index in [1.165, 1.54) is 6.26 Å². The first-order valence-corrected chi connectivity index (χ1v) is 10.5. The van der Waals surface area contributed by atoms with E-state index in [9.17, 15) is 18.5 Å². The minimum Gasteiger partial charge on any atom is -0.464 e. The number of nitrogens with one attached hydrogen (secondary N) is 1. The third kappa shape index (κ3) is 3.68. The van der Waals surface area contributed by atoms with Crippen LogP contribution in [0.15, 0.2) is 34.9 Å². The molecule has 2 fully saturated rings. The van der Waals surface area contributed by atoms with Crippen molar-refractivity contribution >= 4 is 28.1 Å². The number of furan rings is 1. The molecule has 2 aliphatic heterocycles. The Morgan fingerprint density at radius 1 is 1.27 bits per heavy atom. The zero-order chi connectivity index (χ0) is 18.3. The van der Waals surface area contributed by atoms with Crippen LogP contribution in [0.1, 0.15) is 24.8 Å². The molecular formula is C17H22BNO6S. The van der Waals surface area contributed by atoms with Gasteiger partial charge in [-0.2, -0.15) is 0 Å². The molecule has 2 aromatic rings. The van der Waals surface area contributed by atoms with E-state index in [1.54, 1.807) is 0 Å². The minimum absolute atomic E-state index is 0.00638. The lowest BCUT2D eigenvalue weighted by molar-refractivity contribution is 0.0951. The summed E-state index contributed by atoms with van der Waals surface area (Å²) in [5.41, 5.74) is 1.40. The Morgan fingerprint density at radius 3 is 2.77 bits per heavy atom. The largest absolute Gasteiger partial charge is 0.471 e. The van der Waals surface area contributed by atoms with Crippen LogP contribution in [0.3, 0.4) is 0 Å². The van der Waals surface area contributed by atoms with Gasteiger partial charge in [0.05, 0.1) is 30.2 Å². The van der Waals surface area contributed by atoms with Crippen LogP contribution < -0.4 is 4.72 Å². The number of hydrogen-bond donors (Lipinski definition) is 3. The summed E-state index contributed by atoms with van der Waals surface area (Å²) in [7, 11) is -5.48. The van der Waals surface area contributed by atoms with Gasteiger partial charge in [-0.3, -0.25) is 0 Å². The van der Waals surface area contributed by atoms with Crippen LogP contribution >= 0.6 is 0 Å². The van der Waals surface area contributed by atoms with Gasteiger partial charge >= 0.3 is 7.12 Å². The minimum atomic E-state index is -3.67. The molecule has 7 nitrogen and oxygen atoms in total. The Kier molecular flexibility index (Phi) is 4.83. The predicted molar refractivity (Wildman–Crippen MR) is 96.8 cm³/mol. The van der Waals surface area contributed by atoms with Crippen molar-refractivity contribution in [2.45, 2.75) is 43.8 Å². The predicted octanol–water partition coefficient (Wildman–Crippen LogP) is 0.843. The van der Waals surface area contributed by atoms with Gasteiger partial charge in [0.2, 0.25) is 10.0 Å². The number of rotatable bonds is 7. The Bertz CT molecular complexity index is 882. The molecule has 0 amide bonds. The van der Waals surface area contributed by atoms with Crippen molar-refractivity contribution in [2.75, 3.05) is 5.75 Å². The first-order chi connectivity index (χ1) is 12.4. The Labute approximate surface area is 152 Å². The van der Waals surface area contributed by atoms with E-state index < -0.39 is 23.1 Å². The molecular weight excluding hydrogens is 357 g/mol. The summed E-state index contributed by atoms with van der Waals surface area (Å²) in [4.78, 5) is 0. The van der Waals surface area contributed by atoms with Crippen LogP contribution in [0.25, 0.3) is 11.0 Å². The van der Waals surface area contributed by atoms with Gasteiger partial charge in [0.15, 0.2) is 0 Å². The number of ether oxygens (including phenoxy) is 1. The van der Waals surface area contributed by atoms with Gasteiger partial charge in [0.1, 0.15) is 5.58 Å². The SMILES string of the molecule is O=S(=O)(CC1CC2CCC1O2)N[C@@H](Cc1coc2ccccc12)B(O)O. The highest BCUT2D eigenvalue weighted by molar-refractivity contribution is 7.89. The van der Waals surface area contributed by atoms with Gasteiger partial charge in [-0.1, -0.05) is 18.2 Å². The van der Waals surface area contributed by atoms with E-state index in [0.29, 0.717) is 5.58 Å². The molecule has 0 saturated carbocycles. The number of hydrogen-bond acceptors (Lipinski definition) is 6. The van der Waals surface area contributed by atoms with Crippen LogP contribution in [0.2, 0.25) is 0 Å². The van der Waals surface area contributed by atoms with Crippen molar-refractivity contribution in [2.24, 2.45) is 5.92 Å². The van der Waals surface area contributed by atoms with Gasteiger partial charge in [0, 0.05) is 11.3 Å². The van der Waals surface area contributed by atoms with Crippen molar-refractivity contribution in [3.8, 4) is 0 Å². The highest BCUT2D eigenvalue weighted by atomic mass is 32.2. The smallest absolute Gasteiger partial charge is 0.464 e. The van der Waals surface area contributed by atoms with Crippen LogP contribution in [-0.4, -0.2) is 49.5 Å². The van der Waals surface area contributed by atoms with E-state index in [0.717, 1.165) is 30.2 Å². The molecule has 4 rings (SSSR count). The van der Waals surface area contributed by atoms with Crippen LogP contribution in [-0.2, 0) is 21.2 Å². The number of benzene rings is 1. The molecule has 2 bridgehead atoms. The molecule has 0 radical (unpaired) electrons. The van der Waals surface area contributed by atoms with Crippen LogP contribution in [0.4, 0.5) is 0 Å². The Morgan fingerprint density at radius 2 is 2.08 bits per heavy atom. The van der Waals surface area contributed by atoms with E-state index in [-0.39, 0.29) is 30.3 Å². The molecule has 140 valence electrons. The standard InChI is InChI=1S/C17H22BNO6S/c20-18(21)17(8-11-9-24-16-4-2-1-3-14(11)16)19-26(22,23)10-12-7-13-5-6-15(12)25-13/h1-4,9,12-13,15,17,19-21H,5-8,10H2/t12?,13?,15?,17-/m0/s1. The molecule has 1 aromatic heterocycles. The van der Waals surface area contributed by atoms with E-state index in [4.69, 9.17) is 9.15 Å². The first-order valence-electron chi connectivity index (χ1n) is 8.88. The Hall–Kier alpha value is -1.39. The summed E-state index contributed by atoms with van der Waals surface area (Å²) in [5.74, 6) is -1.12. The van der Waals surface area contributed by atoms with Crippen molar-refractivity contribution in [1.29, 1.82) is 0 Å². The second kappa shape index (κ2) is 6.97. The maximum absolute atomic E-state index is 12.6. The van der Waals surface area contributed by atoms with E-state index in [2.05, 4.69) is 4.72 Å². The zero-order valence-electron chi connectivity index (χ0n) is 14.2. The summed E-state index contributed by atoms with van der Waals surface area (Å²) in [6.45, 7) is 0. The summed E-state index contributed by atoms with van der Waals surface area (Å²) in [6, 6.07) is 7.36. The number of sulfonamides is 1. The van der Waals surface area contributed by atoms with Gasteiger partial charge in [-0.25, -0.2) is 13.1 Å². The van der Waals surface area contributed by atoms with Crippen molar-refractivity contribution in [3.63, 3.8) is 0 Å². The highest BCUT2D eigenvalue weighted by Crippen LogP contribution is 2.39. The third-order valence-electron chi connectivity index (χ3n) is 5.36. The first kappa shape index (κ1) is 18.0. The van der Waals surface area contributed by atoms with E-state index in [1.807, 2.05) is 24.3 Å². The molecule has 2 saturated heterocycles. The summed E-state index contributed by atoms with van der Waals surface area (Å²) < 4.78 is 38.7. The molecule has 3 unspecified atom stereocenters. The summed E-state index contributed by atoms with van der Waals surface area (Å²) in [5, 5.41) is 20.2.